The van der Waals surface area contributed by atoms with Gasteiger partial charge in [-0.2, -0.15) is 0 Å². The van der Waals surface area contributed by atoms with Crippen LogP contribution in [0, 0.1) is 0 Å². The van der Waals surface area contributed by atoms with Crippen LogP contribution in [0.15, 0.2) is 40.8 Å². The van der Waals surface area contributed by atoms with Crippen molar-refractivity contribution in [3.63, 3.8) is 0 Å². The zero-order valence-electron chi connectivity index (χ0n) is 12.2. The first-order valence-electron chi connectivity index (χ1n) is 7.01. The highest BCUT2D eigenvalue weighted by Crippen LogP contribution is 2.10. The lowest BCUT2D eigenvalue weighted by Gasteiger charge is -2.14. The molecule has 2 heterocycles. The van der Waals surface area contributed by atoms with Crippen molar-refractivity contribution in [2.45, 2.75) is 26.1 Å². The minimum atomic E-state index is -0.0165. The van der Waals surface area contributed by atoms with E-state index in [1.165, 1.54) is 11.3 Å². The van der Waals surface area contributed by atoms with Gasteiger partial charge in [-0.15, -0.1) is 11.3 Å². The summed E-state index contributed by atoms with van der Waals surface area (Å²) >= 11 is 1.43. The Kier molecular flexibility index (Phi) is 4.17. The van der Waals surface area contributed by atoms with E-state index in [4.69, 9.17) is 5.73 Å². The second-order valence-corrected chi connectivity index (χ2v) is 6.07. The molecule has 0 aliphatic rings. The summed E-state index contributed by atoms with van der Waals surface area (Å²) in [5.41, 5.74) is 7.23. The van der Waals surface area contributed by atoms with Crippen molar-refractivity contribution in [3.8, 4) is 0 Å². The Balaban J connectivity index is 1.70. The molecule has 114 valence electrons. The van der Waals surface area contributed by atoms with Crippen molar-refractivity contribution < 1.29 is 0 Å². The van der Waals surface area contributed by atoms with E-state index >= 15 is 0 Å². The number of nitrogens with zero attached hydrogens (tertiary/aromatic N) is 3. The zero-order valence-corrected chi connectivity index (χ0v) is 13.0. The van der Waals surface area contributed by atoms with Gasteiger partial charge < -0.3 is 11.1 Å². The lowest BCUT2D eigenvalue weighted by molar-refractivity contribution is 0.465. The highest BCUT2D eigenvalue weighted by Gasteiger charge is 2.08. The molecule has 0 aliphatic carbocycles. The lowest BCUT2D eigenvalue weighted by atomic mass is 10.2. The Hall–Kier alpha value is -2.25. The third-order valence-corrected chi connectivity index (χ3v) is 4.13. The fourth-order valence-electron chi connectivity index (χ4n) is 2.28. The quantitative estimate of drug-likeness (QED) is 0.747. The minimum absolute atomic E-state index is 0.0165. The molecule has 0 amide bonds. The average molecular weight is 315 g/mol. The van der Waals surface area contributed by atoms with Gasteiger partial charge >= 0.3 is 0 Å². The van der Waals surface area contributed by atoms with Crippen molar-refractivity contribution in [1.29, 1.82) is 0 Å². The molecule has 2 aromatic heterocycles. The molecular formula is C15H17N5OS. The van der Waals surface area contributed by atoms with E-state index < -0.39 is 0 Å². The molecule has 0 saturated carbocycles. The normalized spacial score (nSPS) is 12.6. The molecule has 6 nitrogen and oxygen atoms in total. The molecule has 0 spiro atoms. The Morgan fingerprint density at radius 1 is 1.41 bits per heavy atom. The first kappa shape index (κ1) is 14.7. The van der Waals surface area contributed by atoms with Crippen LogP contribution in [0.25, 0.3) is 10.9 Å². The van der Waals surface area contributed by atoms with Crippen molar-refractivity contribution in [2.75, 3.05) is 5.73 Å². The van der Waals surface area contributed by atoms with Crippen LogP contribution in [-0.4, -0.2) is 20.6 Å². The summed E-state index contributed by atoms with van der Waals surface area (Å²) in [4.78, 5) is 20.9. The number of para-hydroxylation sites is 1. The number of nitrogens with two attached hydrogens (primary N) is 1. The SMILES string of the molecule is C[C@@H](Cn1cnc2ccccc2c1=O)NCc1csc(N)n1. The van der Waals surface area contributed by atoms with Crippen LogP contribution in [0.4, 0.5) is 5.13 Å². The molecule has 22 heavy (non-hydrogen) atoms. The smallest absolute Gasteiger partial charge is 0.261 e. The predicted octanol–water partition coefficient (Wildman–Crippen LogP) is 1.61. The Morgan fingerprint density at radius 2 is 2.23 bits per heavy atom. The molecule has 3 N–H and O–H groups in total. The second-order valence-electron chi connectivity index (χ2n) is 5.18. The predicted molar refractivity (Wildman–Crippen MR) is 88.8 cm³/mol. The number of hydrogen-bond donors (Lipinski definition) is 2. The lowest BCUT2D eigenvalue weighted by Crippen LogP contribution is -2.34. The summed E-state index contributed by atoms with van der Waals surface area (Å²) in [6, 6.07) is 7.49. The fourth-order valence-corrected chi connectivity index (χ4v) is 2.84. The van der Waals surface area contributed by atoms with Crippen LogP contribution in [0.2, 0.25) is 0 Å². The number of rotatable bonds is 5. The number of thiazole rings is 1. The van der Waals surface area contributed by atoms with Crippen molar-refractivity contribution in [1.82, 2.24) is 19.9 Å². The topological polar surface area (TPSA) is 85.8 Å². The van der Waals surface area contributed by atoms with Gasteiger partial charge in [-0.05, 0) is 19.1 Å². The standard InChI is InChI=1S/C15H17N5OS/c1-10(17-6-11-8-22-15(16)19-11)7-20-9-18-13-5-3-2-4-12(13)14(20)21/h2-5,8-10,17H,6-7H2,1H3,(H2,16,19)/t10-/m0/s1. The van der Waals surface area contributed by atoms with Gasteiger partial charge in [0.25, 0.3) is 5.56 Å². The highest BCUT2D eigenvalue weighted by atomic mass is 32.1. The summed E-state index contributed by atoms with van der Waals surface area (Å²) in [7, 11) is 0. The molecule has 0 unspecified atom stereocenters. The van der Waals surface area contributed by atoms with E-state index in [-0.39, 0.29) is 11.6 Å². The van der Waals surface area contributed by atoms with Crippen LogP contribution in [0.5, 0.6) is 0 Å². The number of nitrogen functional groups attached to an aromatic ring is 1. The summed E-state index contributed by atoms with van der Waals surface area (Å²) in [5, 5.41) is 6.48. The number of benzene rings is 1. The van der Waals surface area contributed by atoms with E-state index in [1.807, 2.05) is 30.5 Å². The largest absolute Gasteiger partial charge is 0.375 e. The maximum atomic E-state index is 12.4. The van der Waals surface area contributed by atoms with Crippen molar-refractivity contribution in [2.24, 2.45) is 0 Å². The molecule has 0 fully saturated rings. The van der Waals surface area contributed by atoms with Gasteiger partial charge in [0.05, 0.1) is 22.9 Å². The summed E-state index contributed by atoms with van der Waals surface area (Å²) < 4.78 is 1.63. The molecule has 0 bridgehead atoms. The van der Waals surface area contributed by atoms with Crippen molar-refractivity contribution in [3.05, 3.63) is 52.0 Å². The molecule has 0 radical (unpaired) electrons. The van der Waals surface area contributed by atoms with E-state index in [0.717, 1.165) is 11.2 Å². The third kappa shape index (κ3) is 3.15. The average Bonchev–Trinajstić information content (AvgIpc) is 2.94. The first-order chi connectivity index (χ1) is 10.6. The summed E-state index contributed by atoms with van der Waals surface area (Å²) in [6.07, 6.45) is 1.60. The highest BCUT2D eigenvalue weighted by molar-refractivity contribution is 7.13. The molecule has 0 saturated heterocycles. The zero-order chi connectivity index (χ0) is 15.5. The van der Waals surface area contributed by atoms with Crippen LogP contribution < -0.4 is 16.6 Å². The van der Waals surface area contributed by atoms with Gasteiger partial charge in [0.1, 0.15) is 0 Å². The second kappa shape index (κ2) is 6.25. The maximum absolute atomic E-state index is 12.4. The summed E-state index contributed by atoms with van der Waals surface area (Å²) in [6.45, 7) is 3.21. The monoisotopic (exact) mass is 315 g/mol. The first-order valence-corrected chi connectivity index (χ1v) is 7.89. The van der Waals surface area contributed by atoms with E-state index in [1.54, 1.807) is 17.0 Å². The Bertz CT molecular complexity index is 841. The Morgan fingerprint density at radius 3 is 3.00 bits per heavy atom. The number of nitrogens with one attached hydrogen (secondary N) is 1. The number of hydrogen-bond acceptors (Lipinski definition) is 6. The molecular weight excluding hydrogens is 298 g/mol. The Labute approximate surface area is 131 Å². The van der Waals surface area contributed by atoms with Crippen LogP contribution in [0.1, 0.15) is 12.6 Å². The van der Waals surface area contributed by atoms with Crippen LogP contribution in [0.3, 0.4) is 0 Å². The molecule has 1 atom stereocenters. The van der Waals surface area contributed by atoms with Gasteiger partial charge in [0.2, 0.25) is 0 Å². The fraction of sp³-hybridized carbons (Fsp3) is 0.267. The van der Waals surface area contributed by atoms with Gasteiger partial charge in [-0.3, -0.25) is 9.36 Å². The van der Waals surface area contributed by atoms with E-state index in [0.29, 0.717) is 23.6 Å². The van der Waals surface area contributed by atoms with E-state index in [9.17, 15) is 4.79 Å². The van der Waals surface area contributed by atoms with Gasteiger partial charge in [-0.25, -0.2) is 9.97 Å². The summed E-state index contributed by atoms with van der Waals surface area (Å²) in [5.74, 6) is 0. The maximum Gasteiger partial charge on any atom is 0.261 e. The molecule has 7 heteroatoms. The van der Waals surface area contributed by atoms with Gasteiger partial charge in [0.15, 0.2) is 5.13 Å². The number of anilines is 1. The third-order valence-electron chi connectivity index (χ3n) is 3.40. The van der Waals surface area contributed by atoms with Crippen molar-refractivity contribution >= 4 is 27.4 Å². The molecule has 0 aliphatic heterocycles. The van der Waals surface area contributed by atoms with Crippen LogP contribution >= 0.6 is 11.3 Å². The van der Waals surface area contributed by atoms with Crippen LogP contribution in [-0.2, 0) is 13.1 Å². The van der Waals surface area contributed by atoms with Gasteiger partial charge in [-0.1, -0.05) is 12.1 Å². The molecule has 3 rings (SSSR count). The molecule has 1 aromatic carbocycles. The molecule has 3 aromatic rings. The number of aromatic nitrogens is 3. The van der Waals surface area contributed by atoms with E-state index in [2.05, 4.69) is 15.3 Å². The minimum Gasteiger partial charge on any atom is -0.375 e. The number of fused-ring (bicyclic) bond motifs is 1. The van der Waals surface area contributed by atoms with Gasteiger partial charge in [0, 0.05) is 24.5 Å².